The van der Waals surface area contributed by atoms with Crippen LogP contribution < -0.4 is 0 Å². The van der Waals surface area contributed by atoms with Gasteiger partial charge >= 0.3 is 0 Å². The van der Waals surface area contributed by atoms with E-state index in [4.69, 9.17) is 0 Å². The molecule has 0 bridgehead atoms. The van der Waals surface area contributed by atoms with Crippen LogP contribution in [0.3, 0.4) is 0 Å². The van der Waals surface area contributed by atoms with Crippen molar-refractivity contribution in [2.24, 2.45) is 39.9 Å². The lowest BCUT2D eigenvalue weighted by Crippen LogP contribution is -2.55. The zero-order chi connectivity index (χ0) is 14.6. The summed E-state index contributed by atoms with van der Waals surface area (Å²) in [5.41, 5.74) is 1.05. The molecule has 21 heavy (non-hydrogen) atoms. The first-order valence-electron chi connectivity index (χ1n) is 9.27. The zero-order valence-corrected chi connectivity index (χ0v) is 13.5. The van der Waals surface area contributed by atoms with Crippen molar-refractivity contribution >= 4 is 0 Å². The topological polar surface area (TPSA) is 40.5 Å². The first-order valence-corrected chi connectivity index (χ1v) is 9.27. The smallest absolute Gasteiger partial charge is 0.0607 e. The number of hydrogen-bond acceptors (Lipinski definition) is 2. The Morgan fingerprint density at radius 3 is 2.48 bits per heavy atom. The van der Waals surface area contributed by atoms with Crippen molar-refractivity contribution in [2.45, 2.75) is 77.4 Å². The number of aliphatic hydroxyl groups excluding tert-OH is 2. The molecular weight excluding hydrogens is 260 g/mol. The molecule has 5 aliphatic carbocycles. The predicted octanol–water partition coefficient (Wildman–Crippen LogP) is 3.36. The van der Waals surface area contributed by atoms with E-state index in [1.165, 1.54) is 32.1 Å². The lowest BCUT2D eigenvalue weighted by molar-refractivity contribution is -0.145. The summed E-state index contributed by atoms with van der Waals surface area (Å²) < 4.78 is 0. The average Bonchev–Trinajstić information content (AvgIpc) is 2.97. The Bertz CT molecular complexity index is 490. The van der Waals surface area contributed by atoms with Gasteiger partial charge in [-0.1, -0.05) is 13.8 Å². The Kier molecular flexibility index (Phi) is 2.35. The van der Waals surface area contributed by atoms with E-state index < -0.39 is 0 Å². The van der Waals surface area contributed by atoms with Gasteiger partial charge in [0.25, 0.3) is 0 Å². The third kappa shape index (κ3) is 1.35. The molecule has 0 aromatic heterocycles. The van der Waals surface area contributed by atoms with Crippen LogP contribution in [0.5, 0.6) is 0 Å². The van der Waals surface area contributed by atoms with E-state index in [9.17, 15) is 10.2 Å². The highest BCUT2D eigenvalue weighted by atomic mass is 16.3. The molecule has 0 radical (unpaired) electrons. The summed E-state index contributed by atoms with van der Waals surface area (Å²) in [5, 5.41) is 21.2. The van der Waals surface area contributed by atoms with Crippen LogP contribution in [0.4, 0.5) is 0 Å². The summed E-state index contributed by atoms with van der Waals surface area (Å²) >= 11 is 0. The lowest BCUT2D eigenvalue weighted by Gasteiger charge is -2.59. The molecule has 2 nitrogen and oxygen atoms in total. The second-order valence-corrected chi connectivity index (χ2v) is 9.81. The summed E-state index contributed by atoms with van der Waals surface area (Å²) in [5.74, 6) is 2.98. The highest BCUT2D eigenvalue weighted by Crippen LogP contribution is 2.81. The van der Waals surface area contributed by atoms with E-state index in [1.807, 2.05) is 0 Å². The van der Waals surface area contributed by atoms with Gasteiger partial charge in [-0.15, -0.1) is 0 Å². The van der Waals surface area contributed by atoms with Gasteiger partial charge in [0.2, 0.25) is 0 Å². The molecule has 2 N–H and O–H groups in total. The molecule has 5 saturated carbocycles. The van der Waals surface area contributed by atoms with Crippen LogP contribution in [0.2, 0.25) is 0 Å². The van der Waals surface area contributed by atoms with Crippen LogP contribution in [-0.2, 0) is 0 Å². The first kappa shape index (κ1) is 13.4. The normalized spacial score (nSPS) is 68.0. The van der Waals surface area contributed by atoms with Gasteiger partial charge in [-0.05, 0) is 85.9 Å². The van der Waals surface area contributed by atoms with Crippen LogP contribution >= 0.6 is 0 Å². The van der Waals surface area contributed by atoms with Gasteiger partial charge in [-0.2, -0.15) is 0 Å². The Labute approximate surface area is 128 Å². The predicted molar refractivity (Wildman–Crippen MR) is 81.6 cm³/mol. The summed E-state index contributed by atoms with van der Waals surface area (Å²) in [4.78, 5) is 0. The minimum Gasteiger partial charge on any atom is -0.393 e. The highest BCUT2D eigenvalue weighted by Gasteiger charge is 2.76. The largest absolute Gasteiger partial charge is 0.393 e. The van der Waals surface area contributed by atoms with Gasteiger partial charge in [0.15, 0.2) is 0 Å². The van der Waals surface area contributed by atoms with Gasteiger partial charge in [0.05, 0.1) is 12.2 Å². The minimum atomic E-state index is -0.0863. The zero-order valence-electron chi connectivity index (χ0n) is 13.5. The Morgan fingerprint density at radius 1 is 0.905 bits per heavy atom. The van der Waals surface area contributed by atoms with Crippen LogP contribution in [0.1, 0.15) is 65.2 Å². The molecular formula is C19H30O2. The third-order valence-electron chi connectivity index (χ3n) is 9.32. The van der Waals surface area contributed by atoms with Gasteiger partial charge in [0.1, 0.15) is 0 Å². The summed E-state index contributed by atoms with van der Waals surface area (Å²) in [6, 6.07) is 0. The van der Waals surface area contributed by atoms with Crippen molar-refractivity contribution in [2.75, 3.05) is 0 Å². The fourth-order valence-electron chi connectivity index (χ4n) is 8.33. The van der Waals surface area contributed by atoms with E-state index >= 15 is 0 Å². The maximum atomic E-state index is 11.0. The molecule has 0 heterocycles. The number of hydrogen-bond donors (Lipinski definition) is 2. The maximum absolute atomic E-state index is 11.0. The fourth-order valence-corrected chi connectivity index (χ4v) is 8.33. The lowest BCUT2D eigenvalue weighted by atomic mass is 9.46. The molecule has 118 valence electrons. The Morgan fingerprint density at radius 2 is 1.71 bits per heavy atom. The van der Waals surface area contributed by atoms with Gasteiger partial charge in [-0.25, -0.2) is 0 Å². The monoisotopic (exact) mass is 290 g/mol. The van der Waals surface area contributed by atoms with Gasteiger partial charge in [0, 0.05) is 5.41 Å². The molecule has 0 aliphatic heterocycles. The third-order valence-corrected chi connectivity index (χ3v) is 9.32. The second kappa shape index (κ2) is 3.70. The second-order valence-electron chi connectivity index (χ2n) is 9.81. The summed E-state index contributed by atoms with van der Waals surface area (Å²) in [7, 11) is 0. The van der Waals surface area contributed by atoms with Crippen LogP contribution in [-0.4, -0.2) is 22.4 Å². The summed E-state index contributed by atoms with van der Waals surface area (Å²) in [6.07, 6.45) is 9.56. The molecule has 0 aromatic carbocycles. The van der Waals surface area contributed by atoms with Crippen molar-refractivity contribution < 1.29 is 10.2 Å². The molecule has 5 aliphatic rings. The van der Waals surface area contributed by atoms with E-state index in [1.54, 1.807) is 0 Å². The maximum Gasteiger partial charge on any atom is 0.0607 e. The van der Waals surface area contributed by atoms with Crippen molar-refractivity contribution in [3.63, 3.8) is 0 Å². The van der Waals surface area contributed by atoms with Crippen molar-refractivity contribution in [3.8, 4) is 0 Å². The number of aliphatic hydroxyl groups is 2. The summed E-state index contributed by atoms with van der Waals surface area (Å²) in [6.45, 7) is 4.94. The van der Waals surface area contributed by atoms with Crippen molar-refractivity contribution in [3.05, 3.63) is 0 Å². The van der Waals surface area contributed by atoms with Crippen LogP contribution in [0.25, 0.3) is 0 Å². The average molecular weight is 290 g/mol. The Hall–Kier alpha value is -0.0800. The standard InChI is InChI=1S/C19H30O2/c1-17-5-4-14-13(15(17)7-12(20)10-17)8-16(21)19-9-11(19)3-6-18(14,19)2/h11-16,20-21H,3-10H2,1-2H3/t11-,12+,13-,14+,15+,16+,17-,18-,19+/m1/s1. The van der Waals surface area contributed by atoms with Gasteiger partial charge in [-0.3, -0.25) is 0 Å². The number of fused-ring (bicyclic) bond motifs is 4. The molecule has 0 aromatic rings. The van der Waals surface area contributed by atoms with Crippen molar-refractivity contribution in [1.29, 1.82) is 0 Å². The van der Waals surface area contributed by atoms with Crippen LogP contribution in [0.15, 0.2) is 0 Å². The van der Waals surface area contributed by atoms with Crippen LogP contribution in [0, 0.1) is 39.9 Å². The van der Waals surface area contributed by atoms with E-state index in [0.717, 1.165) is 31.1 Å². The van der Waals surface area contributed by atoms with E-state index in [0.29, 0.717) is 28.1 Å². The quantitative estimate of drug-likeness (QED) is 0.718. The van der Waals surface area contributed by atoms with Crippen molar-refractivity contribution in [1.82, 2.24) is 0 Å². The van der Waals surface area contributed by atoms with E-state index in [2.05, 4.69) is 13.8 Å². The Balaban J connectivity index is 1.55. The molecule has 9 atom stereocenters. The first-order chi connectivity index (χ1) is 9.91. The fraction of sp³-hybridized carbons (Fsp3) is 1.00. The molecule has 0 unspecified atom stereocenters. The molecule has 0 saturated heterocycles. The molecule has 5 fully saturated rings. The minimum absolute atomic E-state index is 0.0589. The SMILES string of the molecule is C[C@]12CC[C@H]3[C@@H](C[C@H](O)[C@]45C[C@H]4CC[C@]35C)[C@@H]1C[C@H](O)C2. The highest BCUT2D eigenvalue weighted by molar-refractivity contribution is 5.25. The molecule has 5 rings (SSSR count). The molecule has 2 heteroatoms. The molecule has 1 spiro atoms. The number of rotatable bonds is 0. The van der Waals surface area contributed by atoms with E-state index in [-0.39, 0.29) is 12.2 Å². The molecule has 0 amide bonds. The van der Waals surface area contributed by atoms with Gasteiger partial charge < -0.3 is 10.2 Å².